The lowest BCUT2D eigenvalue weighted by atomic mass is 10.1. The van der Waals surface area contributed by atoms with Crippen molar-refractivity contribution in [3.8, 4) is 11.4 Å². The quantitative estimate of drug-likeness (QED) is 0.602. The van der Waals surface area contributed by atoms with Gasteiger partial charge in [0.25, 0.3) is 5.91 Å². The van der Waals surface area contributed by atoms with Crippen LogP contribution in [0.5, 0.6) is 0 Å². The van der Waals surface area contributed by atoms with Crippen LogP contribution in [-0.4, -0.2) is 53.5 Å². The maximum atomic E-state index is 13.0. The number of hydrogen-bond donors (Lipinski definition) is 1. The molecule has 1 aliphatic heterocycles. The predicted molar refractivity (Wildman–Crippen MR) is 131 cm³/mol. The number of piperazine rings is 1. The Kier molecular flexibility index (Phi) is 6.35. The van der Waals surface area contributed by atoms with Crippen LogP contribution in [0.25, 0.3) is 11.4 Å². The number of nitrogens with zero attached hydrogens (tertiary/aromatic N) is 4. The van der Waals surface area contributed by atoms with E-state index in [1.54, 1.807) is 6.20 Å². The normalized spacial score (nSPS) is 16.6. The van der Waals surface area contributed by atoms with Crippen molar-refractivity contribution in [2.24, 2.45) is 5.92 Å². The third kappa shape index (κ3) is 5.40. The predicted octanol–water partition coefficient (Wildman–Crippen LogP) is 3.91. The van der Waals surface area contributed by atoms with Gasteiger partial charge >= 0.3 is 0 Å². The molecule has 170 valence electrons. The van der Waals surface area contributed by atoms with Crippen molar-refractivity contribution in [3.63, 3.8) is 0 Å². The summed E-state index contributed by atoms with van der Waals surface area (Å²) in [4.78, 5) is 27.2. The van der Waals surface area contributed by atoms with E-state index >= 15 is 0 Å². The van der Waals surface area contributed by atoms with Crippen molar-refractivity contribution in [3.05, 3.63) is 77.5 Å². The molecule has 3 aromatic rings. The first-order valence-electron chi connectivity index (χ1n) is 11.9. The van der Waals surface area contributed by atoms with E-state index in [0.717, 1.165) is 50.6 Å². The molecule has 0 radical (unpaired) electrons. The standard InChI is InChI=1S/C27H31N5O/c1-20-6-5-9-23(16-20)25-28-18-24(27(33)29-17-21-10-11-21)26(30-25)32-14-12-31(13-15-32)19-22-7-3-2-4-8-22/h2-9,16,18,21H,10-15,17,19H2,1H3,(H,29,33). The SMILES string of the molecule is Cc1cccc(-c2ncc(C(=O)NCC3CC3)c(N3CCN(Cc4ccccc4)CC3)n2)c1. The minimum atomic E-state index is -0.0700. The number of aromatic nitrogens is 2. The number of rotatable bonds is 7. The van der Waals surface area contributed by atoms with Gasteiger partial charge in [-0.05, 0) is 37.3 Å². The van der Waals surface area contributed by atoms with E-state index in [1.165, 1.54) is 24.0 Å². The van der Waals surface area contributed by atoms with E-state index in [9.17, 15) is 4.79 Å². The molecule has 1 aromatic heterocycles. The molecule has 5 rings (SSSR count). The maximum absolute atomic E-state index is 13.0. The van der Waals surface area contributed by atoms with Gasteiger partial charge in [-0.3, -0.25) is 9.69 Å². The topological polar surface area (TPSA) is 61.4 Å². The zero-order chi connectivity index (χ0) is 22.6. The van der Waals surface area contributed by atoms with Crippen LogP contribution < -0.4 is 10.2 Å². The van der Waals surface area contributed by atoms with Gasteiger partial charge in [-0.15, -0.1) is 0 Å². The average Bonchev–Trinajstić information content (AvgIpc) is 3.68. The molecular weight excluding hydrogens is 410 g/mol. The van der Waals surface area contributed by atoms with Crippen LogP contribution in [0.4, 0.5) is 5.82 Å². The molecule has 0 unspecified atom stereocenters. The third-order valence-corrected chi connectivity index (χ3v) is 6.46. The summed E-state index contributed by atoms with van der Waals surface area (Å²) in [5.41, 5.74) is 4.04. The van der Waals surface area contributed by atoms with Gasteiger partial charge in [0.2, 0.25) is 0 Å². The second-order valence-corrected chi connectivity index (χ2v) is 9.20. The van der Waals surface area contributed by atoms with Crippen molar-refractivity contribution < 1.29 is 4.79 Å². The number of hydrogen-bond acceptors (Lipinski definition) is 5. The lowest BCUT2D eigenvalue weighted by Crippen LogP contribution is -2.47. The first-order chi connectivity index (χ1) is 16.2. The lowest BCUT2D eigenvalue weighted by molar-refractivity contribution is 0.0951. The molecule has 0 spiro atoms. The van der Waals surface area contributed by atoms with Crippen LogP contribution in [0.3, 0.4) is 0 Å². The van der Waals surface area contributed by atoms with Gasteiger partial charge in [-0.2, -0.15) is 0 Å². The Morgan fingerprint density at radius 1 is 1.03 bits per heavy atom. The summed E-state index contributed by atoms with van der Waals surface area (Å²) < 4.78 is 0. The minimum absolute atomic E-state index is 0.0700. The summed E-state index contributed by atoms with van der Waals surface area (Å²) in [7, 11) is 0. The summed E-state index contributed by atoms with van der Waals surface area (Å²) in [6, 6.07) is 18.8. The monoisotopic (exact) mass is 441 g/mol. The highest BCUT2D eigenvalue weighted by Crippen LogP contribution is 2.28. The lowest BCUT2D eigenvalue weighted by Gasteiger charge is -2.36. The molecule has 1 aliphatic carbocycles. The molecule has 2 heterocycles. The summed E-state index contributed by atoms with van der Waals surface area (Å²) in [5, 5.41) is 3.09. The molecule has 2 aliphatic rings. The number of nitrogens with one attached hydrogen (secondary N) is 1. The van der Waals surface area contributed by atoms with Crippen molar-refractivity contribution >= 4 is 11.7 Å². The first-order valence-corrected chi connectivity index (χ1v) is 11.9. The van der Waals surface area contributed by atoms with Crippen LogP contribution in [0.2, 0.25) is 0 Å². The molecule has 6 nitrogen and oxygen atoms in total. The van der Waals surface area contributed by atoms with E-state index in [2.05, 4.69) is 69.5 Å². The van der Waals surface area contributed by atoms with Crippen LogP contribution in [-0.2, 0) is 6.54 Å². The van der Waals surface area contributed by atoms with Gasteiger partial charge in [0.05, 0.1) is 0 Å². The third-order valence-electron chi connectivity index (χ3n) is 6.46. The Bertz CT molecular complexity index is 1100. The second kappa shape index (κ2) is 9.71. The largest absolute Gasteiger partial charge is 0.353 e. The number of carbonyl (C=O) groups excluding carboxylic acids is 1. The highest BCUT2D eigenvalue weighted by Gasteiger charge is 2.26. The Morgan fingerprint density at radius 3 is 2.55 bits per heavy atom. The fraction of sp³-hybridized carbons (Fsp3) is 0.370. The Labute approximate surface area is 195 Å². The molecule has 2 fully saturated rings. The molecule has 1 saturated heterocycles. The van der Waals surface area contributed by atoms with Crippen molar-refractivity contribution in [2.75, 3.05) is 37.6 Å². The summed E-state index contributed by atoms with van der Waals surface area (Å²) in [6.07, 6.45) is 4.12. The van der Waals surface area contributed by atoms with E-state index in [0.29, 0.717) is 17.3 Å². The fourth-order valence-corrected chi connectivity index (χ4v) is 4.31. The maximum Gasteiger partial charge on any atom is 0.256 e. The van der Waals surface area contributed by atoms with Gasteiger partial charge in [-0.25, -0.2) is 9.97 Å². The highest BCUT2D eigenvalue weighted by atomic mass is 16.1. The molecule has 0 bridgehead atoms. The van der Waals surface area contributed by atoms with Crippen molar-refractivity contribution in [1.29, 1.82) is 0 Å². The second-order valence-electron chi connectivity index (χ2n) is 9.20. The van der Waals surface area contributed by atoms with Crippen LogP contribution in [0.15, 0.2) is 60.8 Å². The van der Waals surface area contributed by atoms with Crippen molar-refractivity contribution in [1.82, 2.24) is 20.2 Å². The number of carbonyl (C=O) groups is 1. The number of benzene rings is 2. The molecular formula is C27H31N5O. The van der Waals surface area contributed by atoms with Crippen LogP contribution >= 0.6 is 0 Å². The average molecular weight is 442 g/mol. The van der Waals surface area contributed by atoms with E-state index in [4.69, 9.17) is 4.98 Å². The van der Waals surface area contributed by atoms with Gasteiger partial charge in [-0.1, -0.05) is 54.1 Å². The van der Waals surface area contributed by atoms with Crippen molar-refractivity contribution in [2.45, 2.75) is 26.3 Å². The Hall–Kier alpha value is -3.25. The van der Waals surface area contributed by atoms with Crippen LogP contribution in [0.1, 0.15) is 34.3 Å². The number of aryl methyl sites for hydroxylation is 1. The van der Waals surface area contributed by atoms with E-state index in [-0.39, 0.29) is 5.91 Å². The Balaban J connectivity index is 1.36. The zero-order valence-corrected chi connectivity index (χ0v) is 19.2. The van der Waals surface area contributed by atoms with Gasteiger partial charge in [0, 0.05) is 51.0 Å². The number of amides is 1. The first kappa shape index (κ1) is 21.6. The van der Waals surface area contributed by atoms with E-state index in [1.807, 2.05) is 12.1 Å². The molecule has 1 N–H and O–H groups in total. The highest BCUT2D eigenvalue weighted by molar-refractivity contribution is 5.99. The van der Waals surface area contributed by atoms with Gasteiger partial charge in [0.15, 0.2) is 5.82 Å². The minimum Gasteiger partial charge on any atom is -0.353 e. The Morgan fingerprint density at radius 2 is 1.82 bits per heavy atom. The smallest absolute Gasteiger partial charge is 0.256 e. The van der Waals surface area contributed by atoms with Gasteiger partial charge in [0.1, 0.15) is 11.4 Å². The zero-order valence-electron chi connectivity index (χ0n) is 19.2. The van der Waals surface area contributed by atoms with Crippen LogP contribution in [0, 0.1) is 12.8 Å². The molecule has 2 aromatic carbocycles. The number of anilines is 1. The van der Waals surface area contributed by atoms with Gasteiger partial charge < -0.3 is 10.2 Å². The summed E-state index contributed by atoms with van der Waals surface area (Å²) in [5.74, 6) is 1.97. The fourth-order valence-electron chi connectivity index (χ4n) is 4.31. The molecule has 6 heteroatoms. The molecule has 1 saturated carbocycles. The molecule has 33 heavy (non-hydrogen) atoms. The molecule has 0 atom stereocenters. The van der Waals surface area contributed by atoms with E-state index < -0.39 is 0 Å². The molecule has 1 amide bonds. The summed E-state index contributed by atoms with van der Waals surface area (Å²) >= 11 is 0. The summed E-state index contributed by atoms with van der Waals surface area (Å²) in [6.45, 7) is 7.28.